The van der Waals surface area contributed by atoms with Crippen molar-refractivity contribution < 1.29 is 52.7 Å². The first-order chi connectivity index (χ1) is 22.1. The number of alkyl halides is 12. The van der Waals surface area contributed by atoms with E-state index in [9.17, 15) is 73.7 Å². The van der Waals surface area contributed by atoms with Crippen LogP contribution in [0.1, 0.15) is 55.6 Å². The van der Waals surface area contributed by atoms with Gasteiger partial charge in [0.2, 0.25) is 0 Å². The van der Waals surface area contributed by atoms with Crippen LogP contribution in [0.15, 0.2) is 36.4 Å². The van der Waals surface area contributed by atoms with E-state index >= 15 is 0 Å². The Labute approximate surface area is 259 Å². The van der Waals surface area contributed by atoms with Gasteiger partial charge in [-0.25, -0.2) is 0 Å². The van der Waals surface area contributed by atoms with Crippen molar-refractivity contribution in [2.75, 3.05) is 0 Å². The molecule has 6 nitrogen and oxygen atoms in total. The maximum atomic E-state index is 13.7. The average Bonchev–Trinajstić information content (AvgIpc) is 2.99. The van der Waals surface area contributed by atoms with Gasteiger partial charge in [-0.1, -0.05) is 0 Å². The SMILES string of the molecule is N#CC(c1cc(C(F)(F)F)c(C#N)c(C(F)(F)F)c1)=c1cc(C#N)c(=C(C#N)c2cc(C(F)(F)F)c(C#N)c(C(F)(F)F)c2)c(C#N)c1. The van der Waals surface area contributed by atoms with Crippen molar-refractivity contribution in [1.82, 2.24) is 0 Å². The number of halogens is 12. The fraction of sp³-hybridized carbons (Fsp3) is 0.133. The van der Waals surface area contributed by atoms with Gasteiger partial charge in [-0.15, -0.1) is 0 Å². The Balaban J connectivity index is 2.65. The zero-order chi connectivity index (χ0) is 36.6. The van der Waals surface area contributed by atoms with E-state index in [0.717, 1.165) is 12.1 Å². The highest BCUT2D eigenvalue weighted by Crippen LogP contribution is 2.42. The molecule has 0 amide bonds. The third-order valence-corrected chi connectivity index (χ3v) is 6.44. The number of benzene rings is 3. The second-order valence-electron chi connectivity index (χ2n) is 9.25. The first-order valence-corrected chi connectivity index (χ1v) is 12.1. The molecule has 0 unspecified atom stereocenters. The van der Waals surface area contributed by atoms with E-state index < -0.39 is 102 Å². The summed E-state index contributed by atoms with van der Waals surface area (Å²) in [5.41, 5.74) is -18.6. The number of hydrogen-bond donors (Lipinski definition) is 0. The molecule has 0 aliphatic heterocycles. The first-order valence-electron chi connectivity index (χ1n) is 12.1. The first kappa shape index (κ1) is 36.0. The second-order valence-corrected chi connectivity index (χ2v) is 9.25. The average molecular weight is 678 g/mol. The van der Waals surface area contributed by atoms with Gasteiger partial charge in [-0.05, 0) is 52.7 Å². The van der Waals surface area contributed by atoms with Crippen molar-refractivity contribution in [2.45, 2.75) is 24.7 Å². The van der Waals surface area contributed by atoms with Gasteiger partial charge in [-0.2, -0.15) is 84.3 Å². The van der Waals surface area contributed by atoms with Crippen LogP contribution in [0.3, 0.4) is 0 Å². The van der Waals surface area contributed by atoms with E-state index in [1.54, 1.807) is 0 Å². The van der Waals surface area contributed by atoms with Crippen LogP contribution >= 0.6 is 0 Å². The summed E-state index contributed by atoms with van der Waals surface area (Å²) in [4.78, 5) is 0. The van der Waals surface area contributed by atoms with Crippen LogP contribution in [-0.2, 0) is 24.7 Å². The molecule has 0 aromatic heterocycles. The molecule has 3 aromatic rings. The van der Waals surface area contributed by atoms with Crippen molar-refractivity contribution >= 4 is 11.1 Å². The predicted octanol–water partition coefficient (Wildman–Crippen LogP) is 6.69. The number of rotatable bonds is 2. The highest BCUT2D eigenvalue weighted by molar-refractivity contribution is 5.82. The minimum absolute atomic E-state index is 0.0132. The topological polar surface area (TPSA) is 143 Å². The molecule has 0 fully saturated rings. The third-order valence-electron chi connectivity index (χ3n) is 6.44. The Bertz CT molecular complexity index is 2140. The Morgan fingerprint density at radius 3 is 0.938 bits per heavy atom. The zero-order valence-corrected chi connectivity index (χ0v) is 22.7. The van der Waals surface area contributed by atoms with Crippen molar-refractivity contribution in [3.8, 4) is 36.4 Å². The van der Waals surface area contributed by atoms with Gasteiger partial charge >= 0.3 is 24.7 Å². The van der Waals surface area contributed by atoms with Crippen LogP contribution in [0.2, 0.25) is 0 Å². The molecule has 0 aliphatic rings. The number of hydrogen-bond acceptors (Lipinski definition) is 6. The molecule has 48 heavy (non-hydrogen) atoms. The molecule has 0 saturated carbocycles. The zero-order valence-electron chi connectivity index (χ0n) is 22.7. The smallest absolute Gasteiger partial charge is 0.192 e. The van der Waals surface area contributed by atoms with Gasteiger partial charge in [0.25, 0.3) is 0 Å². The number of nitrogens with zero attached hydrogens (tertiary/aromatic N) is 6. The fourth-order valence-electron chi connectivity index (χ4n) is 4.50. The lowest BCUT2D eigenvalue weighted by atomic mass is 9.90. The predicted molar refractivity (Wildman–Crippen MR) is 134 cm³/mol. The minimum Gasteiger partial charge on any atom is -0.192 e. The summed E-state index contributed by atoms with van der Waals surface area (Å²) in [6, 6.07) is 8.02. The van der Waals surface area contributed by atoms with Crippen LogP contribution in [0, 0.1) is 68.0 Å². The Kier molecular flexibility index (Phi) is 9.26. The highest BCUT2D eigenvalue weighted by atomic mass is 19.4. The molecule has 0 bridgehead atoms. The Morgan fingerprint density at radius 2 is 0.708 bits per heavy atom. The summed E-state index contributed by atoms with van der Waals surface area (Å²) in [6.45, 7) is 0. The third kappa shape index (κ3) is 6.70. The molecule has 18 heteroatoms. The van der Waals surface area contributed by atoms with Crippen LogP contribution in [0.5, 0.6) is 0 Å². The molecule has 0 heterocycles. The summed E-state index contributed by atoms with van der Waals surface area (Å²) in [5, 5.41) is 55.6. The van der Waals surface area contributed by atoms with Gasteiger partial charge in [0.1, 0.15) is 24.3 Å². The van der Waals surface area contributed by atoms with Crippen molar-refractivity contribution in [2.24, 2.45) is 0 Å². The van der Waals surface area contributed by atoms with Crippen molar-refractivity contribution in [3.63, 3.8) is 0 Å². The van der Waals surface area contributed by atoms with Gasteiger partial charge in [0, 0.05) is 5.22 Å². The standard InChI is InChI=1S/C30H6F12N6/c31-27(32,33)22-3-14(4-23(20(22)11-47)28(34,35)36)18(9-45)13-1-16(7-43)26(17(2-13)8-44)19(10-46)15-5-24(29(37,38)39)21(12-48)25(6-15)30(40,41)42/h1-6H. The van der Waals surface area contributed by atoms with E-state index in [-0.39, 0.29) is 24.3 Å². The van der Waals surface area contributed by atoms with Crippen LogP contribution < -0.4 is 10.4 Å². The highest BCUT2D eigenvalue weighted by Gasteiger charge is 2.43. The Morgan fingerprint density at radius 1 is 0.417 bits per heavy atom. The van der Waals surface area contributed by atoms with Gasteiger partial charge < -0.3 is 0 Å². The molecule has 0 aliphatic carbocycles. The van der Waals surface area contributed by atoms with Crippen molar-refractivity contribution in [1.29, 1.82) is 31.6 Å². The summed E-state index contributed by atoms with van der Waals surface area (Å²) in [5.74, 6) is 0. The molecule has 0 spiro atoms. The van der Waals surface area contributed by atoms with Crippen molar-refractivity contribution in [3.05, 3.63) is 102 Å². The molecule has 0 saturated heterocycles. The summed E-state index contributed by atoms with van der Waals surface area (Å²) >= 11 is 0. The van der Waals surface area contributed by atoms with E-state index in [2.05, 4.69) is 0 Å². The lowest BCUT2D eigenvalue weighted by Crippen LogP contribution is -2.23. The summed E-state index contributed by atoms with van der Waals surface area (Å²) in [6.07, 6.45) is -22.3. The van der Waals surface area contributed by atoms with Gasteiger partial charge in [0.05, 0.1) is 67.8 Å². The van der Waals surface area contributed by atoms with E-state index in [1.165, 1.54) is 24.3 Å². The number of nitriles is 6. The largest absolute Gasteiger partial charge is 0.417 e. The fourth-order valence-corrected chi connectivity index (χ4v) is 4.50. The summed E-state index contributed by atoms with van der Waals surface area (Å²) < 4.78 is 165. The lowest BCUT2D eigenvalue weighted by molar-refractivity contribution is -0.145. The van der Waals surface area contributed by atoms with E-state index in [4.69, 9.17) is 10.5 Å². The normalized spacial score (nSPS) is 11.6. The maximum Gasteiger partial charge on any atom is 0.417 e. The molecular formula is C30H6F12N6. The second kappa shape index (κ2) is 12.4. The molecule has 0 N–H and O–H groups in total. The van der Waals surface area contributed by atoms with Crippen LogP contribution in [0.4, 0.5) is 52.7 Å². The molecule has 0 atom stereocenters. The molecule has 3 rings (SSSR count). The van der Waals surface area contributed by atoms with Gasteiger partial charge in [0.15, 0.2) is 0 Å². The monoisotopic (exact) mass is 678 g/mol. The Hall–Kier alpha value is -6.50. The molecular weight excluding hydrogens is 672 g/mol. The summed E-state index contributed by atoms with van der Waals surface area (Å²) in [7, 11) is 0. The molecule has 3 aromatic carbocycles. The lowest BCUT2D eigenvalue weighted by Gasteiger charge is -2.17. The molecule has 0 radical (unpaired) electrons. The van der Waals surface area contributed by atoms with Gasteiger partial charge in [-0.3, -0.25) is 0 Å². The minimum atomic E-state index is -5.59. The van der Waals surface area contributed by atoms with E-state index in [1.807, 2.05) is 0 Å². The van der Waals surface area contributed by atoms with Crippen LogP contribution in [0.25, 0.3) is 11.1 Å². The molecule has 240 valence electrons. The quantitative estimate of drug-likeness (QED) is 0.276. The van der Waals surface area contributed by atoms with E-state index in [0.29, 0.717) is 12.1 Å². The van der Waals surface area contributed by atoms with Crippen LogP contribution in [-0.4, -0.2) is 0 Å². The maximum absolute atomic E-state index is 13.7.